The van der Waals surface area contributed by atoms with Gasteiger partial charge in [0.05, 0.1) is 12.2 Å². The number of phosphoric acid groups is 1. The molecule has 3 aromatic rings. The number of pyridine rings is 1. The van der Waals surface area contributed by atoms with Gasteiger partial charge in [-0.1, -0.05) is 13.0 Å². The molecule has 1 spiro atoms. The highest BCUT2D eigenvalue weighted by molar-refractivity contribution is 7.50. The lowest BCUT2D eigenvalue weighted by Gasteiger charge is -2.38. The van der Waals surface area contributed by atoms with Crippen molar-refractivity contribution in [3.63, 3.8) is 0 Å². The third kappa shape index (κ3) is 2.80. The number of hydrogen-bond donors (Lipinski definition) is 1. The summed E-state index contributed by atoms with van der Waals surface area (Å²) < 4.78 is 47.7. The van der Waals surface area contributed by atoms with Crippen molar-refractivity contribution in [2.45, 2.75) is 31.6 Å². The Morgan fingerprint density at radius 3 is 2.71 bits per heavy atom. The number of ether oxygens (including phenoxy) is 1. The molecule has 176 valence electrons. The van der Waals surface area contributed by atoms with Crippen LogP contribution >= 0.6 is 7.82 Å². The summed E-state index contributed by atoms with van der Waals surface area (Å²) in [5, 5.41) is 21.8. The number of halogens is 1. The second-order valence-electron chi connectivity index (χ2n) is 7.72. The second kappa shape index (κ2) is 7.10. The van der Waals surface area contributed by atoms with Crippen LogP contribution in [0.25, 0.3) is 22.6 Å². The zero-order valence-electron chi connectivity index (χ0n) is 17.5. The summed E-state index contributed by atoms with van der Waals surface area (Å²) in [6, 6.07) is 7.19. The van der Waals surface area contributed by atoms with Gasteiger partial charge in [-0.05, 0) is 35.9 Å². The van der Waals surface area contributed by atoms with E-state index in [1.54, 1.807) is 12.1 Å². The molecular formula is C19H16FN6O7P. The fraction of sp³-hybridized carbons (Fsp3) is 0.316. The van der Waals surface area contributed by atoms with Crippen molar-refractivity contribution in [2.75, 3.05) is 11.5 Å². The Hall–Kier alpha value is -3.29. The molecule has 1 aromatic carbocycles. The van der Waals surface area contributed by atoms with Crippen LogP contribution in [0.2, 0.25) is 0 Å². The van der Waals surface area contributed by atoms with E-state index in [0.29, 0.717) is 23.6 Å². The number of hydrogen-bond acceptors (Lipinski definition) is 11. The van der Waals surface area contributed by atoms with E-state index in [1.165, 1.54) is 23.1 Å². The van der Waals surface area contributed by atoms with Crippen molar-refractivity contribution in [2.24, 2.45) is 0 Å². The summed E-state index contributed by atoms with van der Waals surface area (Å²) in [5.74, 6) is -4.56. The monoisotopic (exact) mass is 490 g/mol. The number of amides is 1. The maximum atomic E-state index is 15.1. The Morgan fingerprint density at radius 1 is 1.21 bits per heavy atom. The predicted octanol–water partition coefficient (Wildman–Crippen LogP) is 2.44. The van der Waals surface area contributed by atoms with Crippen molar-refractivity contribution >= 4 is 19.6 Å². The zero-order chi connectivity index (χ0) is 23.7. The molecule has 1 atom stereocenters. The van der Waals surface area contributed by atoms with Gasteiger partial charge in [0.15, 0.2) is 0 Å². The first-order chi connectivity index (χ1) is 16.3. The largest absolute Gasteiger partial charge is 0.486 e. The minimum atomic E-state index is -3.95. The summed E-state index contributed by atoms with van der Waals surface area (Å²) in [5.41, 5.74) is 1.13. The van der Waals surface area contributed by atoms with Crippen LogP contribution < -0.4 is 4.90 Å². The minimum Gasteiger partial charge on any atom is -0.405 e. The number of aliphatic hydroxyl groups excluding tert-OH is 1. The molecular weight excluding hydrogens is 474 g/mol. The minimum absolute atomic E-state index is 0.0142. The van der Waals surface area contributed by atoms with Crippen LogP contribution in [-0.2, 0) is 29.4 Å². The van der Waals surface area contributed by atoms with Crippen molar-refractivity contribution in [1.29, 1.82) is 0 Å². The molecule has 4 saturated heterocycles. The number of phosphoric ester groups is 1. The lowest BCUT2D eigenvalue weighted by Crippen LogP contribution is -2.61. The van der Waals surface area contributed by atoms with Crippen molar-refractivity contribution < 1.29 is 37.2 Å². The molecule has 4 aliphatic heterocycles. The van der Waals surface area contributed by atoms with Gasteiger partial charge in [0.2, 0.25) is 5.82 Å². The third-order valence-electron chi connectivity index (χ3n) is 5.54. The van der Waals surface area contributed by atoms with Crippen LogP contribution in [0.5, 0.6) is 0 Å². The fourth-order valence-electron chi connectivity index (χ4n) is 4.01. The second-order valence-corrected chi connectivity index (χ2v) is 9.16. The van der Waals surface area contributed by atoms with Crippen LogP contribution in [0, 0.1) is 5.82 Å². The molecule has 13 nitrogen and oxygen atoms in total. The molecule has 7 rings (SSSR count). The Kier molecular flexibility index (Phi) is 4.44. The average molecular weight is 490 g/mol. The molecule has 6 heterocycles. The number of anilines is 1. The Bertz CT molecular complexity index is 1360. The number of aryl methyl sites for hydroxylation is 1. The Labute approximate surface area is 190 Å². The number of carbonyl (C=O) groups excluding carboxylic acids is 1. The topological polar surface area (TPSA) is 151 Å². The molecule has 0 radical (unpaired) electrons. The molecule has 0 saturated carbocycles. The number of nitrogens with zero attached hydrogens (tertiary/aromatic N) is 6. The van der Waals surface area contributed by atoms with Gasteiger partial charge >= 0.3 is 25.6 Å². The molecule has 4 aliphatic rings. The van der Waals surface area contributed by atoms with Gasteiger partial charge in [0.1, 0.15) is 18.1 Å². The van der Waals surface area contributed by atoms with E-state index in [0.717, 1.165) is 17.4 Å². The van der Waals surface area contributed by atoms with Gasteiger partial charge in [-0.2, -0.15) is 4.80 Å². The third-order valence-corrected chi connectivity index (χ3v) is 7.00. The Balaban J connectivity index is 1.29. The molecule has 1 amide bonds. The number of rotatable bonds is 6. The molecule has 0 unspecified atom stereocenters. The smallest absolute Gasteiger partial charge is 0.405 e. The van der Waals surface area contributed by atoms with E-state index in [-0.39, 0.29) is 11.3 Å². The van der Waals surface area contributed by atoms with Gasteiger partial charge in [-0.15, -0.1) is 10.2 Å². The van der Waals surface area contributed by atoms with Crippen LogP contribution in [0.1, 0.15) is 13.3 Å². The summed E-state index contributed by atoms with van der Waals surface area (Å²) in [6.45, 7) is 1.75. The maximum absolute atomic E-state index is 15.1. The fourth-order valence-corrected chi connectivity index (χ4v) is 5.71. The quantitative estimate of drug-likeness (QED) is 0.507. The summed E-state index contributed by atoms with van der Waals surface area (Å²) in [7, 11) is -3.95. The van der Waals surface area contributed by atoms with Gasteiger partial charge in [-0.3, -0.25) is 4.98 Å². The first-order valence-corrected chi connectivity index (χ1v) is 11.7. The first-order valence-electron chi connectivity index (χ1n) is 10.2. The number of aromatic nitrogens is 5. The summed E-state index contributed by atoms with van der Waals surface area (Å²) >= 11 is 0. The highest BCUT2D eigenvalue weighted by Gasteiger charge is 2.89. The van der Waals surface area contributed by atoms with Crippen molar-refractivity contribution in [3.05, 3.63) is 42.3 Å². The van der Waals surface area contributed by atoms with E-state index >= 15 is 4.39 Å². The lowest BCUT2D eigenvalue weighted by molar-refractivity contribution is -0.259. The highest BCUT2D eigenvalue weighted by atomic mass is 31.2. The van der Waals surface area contributed by atoms with Gasteiger partial charge < -0.3 is 9.84 Å². The number of tetrazole rings is 1. The molecule has 2 bridgehead atoms. The average Bonchev–Trinajstić information content (AvgIpc) is 3.47. The van der Waals surface area contributed by atoms with Crippen LogP contribution in [0.3, 0.4) is 0 Å². The predicted molar refractivity (Wildman–Crippen MR) is 109 cm³/mol. The standard InChI is InChI=1S/C19H16FN6O7P/c1-2-7-25-23-16(22-24-25)15-6-3-11(9-21-15)13-5-4-12(8-14(13)20)26-17(28)30-18(10-27)19(26)32-34(29,31-18)33-19/h3-6,8-9,27H,2,7,10H2,1H3/t18-,19?,34?/m1/s1. The normalized spacial score (nSPS) is 29.1. The summed E-state index contributed by atoms with van der Waals surface area (Å²) in [6.07, 6.45) is 1.30. The molecule has 15 heteroatoms. The van der Waals surface area contributed by atoms with E-state index in [9.17, 15) is 14.5 Å². The van der Waals surface area contributed by atoms with E-state index in [1.807, 2.05) is 6.92 Å². The highest BCUT2D eigenvalue weighted by Crippen LogP contribution is 2.80. The molecule has 4 fully saturated rings. The van der Waals surface area contributed by atoms with Crippen LogP contribution in [0.15, 0.2) is 36.5 Å². The Morgan fingerprint density at radius 2 is 2.03 bits per heavy atom. The lowest BCUT2D eigenvalue weighted by atomic mass is 10.1. The molecule has 0 aliphatic carbocycles. The van der Waals surface area contributed by atoms with E-state index in [4.69, 9.17) is 18.3 Å². The van der Waals surface area contributed by atoms with Gasteiger partial charge in [-0.25, -0.2) is 32.2 Å². The number of carbonyl (C=O) groups is 1. The zero-order valence-corrected chi connectivity index (χ0v) is 18.4. The maximum Gasteiger partial charge on any atom is 0.486 e. The number of aliphatic hydroxyl groups is 1. The SMILES string of the molecule is CCCn1nnc(-c2ccc(-c3ccc(N4C(=O)O[C@]5(CO)OP6(=O)OC45O6)cc3F)cn2)n1. The van der Waals surface area contributed by atoms with Crippen molar-refractivity contribution in [1.82, 2.24) is 25.2 Å². The number of benzene rings is 1. The van der Waals surface area contributed by atoms with E-state index in [2.05, 4.69) is 20.4 Å². The van der Waals surface area contributed by atoms with Gasteiger partial charge in [0, 0.05) is 17.3 Å². The summed E-state index contributed by atoms with van der Waals surface area (Å²) in [4.78, 5) is 19.1. The molecule has 1 N–H and O–H groups in total. The molecule has 34 heavy (non-hydrogen) atoms. The first kappa shape index (κ1) is 21.3. The van der Waals surface area contributed by atoms with Crippen LogP contribution in [-0.4, -0.2) is 54.7 Å². The van der Waals surface area contributed by atoms with E-state index < -0.39 is 38.0 Å². The van der Waals surface area contributed by atoms with Crippen LogP contribution in [0.4, 0.5) is 14.9 Å². The van der Waals surface area contributed by atoms with Crippen molar-refractivity contribution in [3.8, 4) is 22.6 Å². The molecule has 2 aromatic heterocycles. The van der Waals surface area contributed by atoms with Gasteiger partial charge in [0.25, 0.3) is 0 Å².